The molecule has 1 rings (SSSR count). The predicted octanol–water partition coefficient (Wildman–Crippen LogP) is 2.56. The average Bonchev–Trinajstić information content (AvgIpc) is 2.22. The van der Waals surface area contributed by atoms with Crippen LogP contribution in [0, 0.1) is 19.3 Å². The molecule has 0 aromatic heterocycles. The maximum atomic E-state index is 11.7. The SMILES string of the molecule is C#CCCCC(=O)c1ccc(N)c(C)c1. The van der Waals surface area contributed by atoms with E-state index in [2.05, 4.69) is 5.92 Å². The topological polar surface area (TPSA) is 43.1 Å². The smallest absolute Gasteiger partial charge is 0.162 e. The Hall–Kier alpha value is -1.75. The van der Waals surface area contributed by atoms with Crippen LogP contribution in [0.4, 0.5) is 5.69 Å². The summed E-state index contributed by atoms with van der Waals surface area (Å²) < 4.78 is 0. The Bertz CT molecular complexity index is 401. The molecule has 0 bridgehead atoms. The van der Waals surface area contributed by atoms with E-state index in [-0.39, 0.29) is 5.78 Å². The van der Waals surface area contributed by atoms with Crippen molar-refractivity contribution in [3.8, 4) is 12.3 Å². The summed E-state index contributed by atoms with van der Waals surface area (Å²) in [5.41, 5.74) is 8.05. The number of nitrogen functional groups attached to an aromatic ring is 1. The first-order valence-electron chi connectivity index (χ1n) is 4.98. The normalized spacial score (nSPS) is 9.60. The fourth-order valence-electron chi connectivity index (χ4n) is 1.34. The number of ketones is 1. The van der Waals surface area contributed by atoms with E-state index in [1.807, 2.05) is 13.0 Å². The van der Waals surface area contributed by atoms with Gasteiger partial charge in [-0.05, 0) is 37.1 Å². The lowest BCUT2D eigenvalue weighted by atomic mass is 10.0. The van der Waals surface area contributed by atoms with Crippen molar-refractivity contribution >= 4 is 11.5 Å². The van der Waals surface area contributed by atoms with Crippen LogP contribution in [-0.2, 0) is 0 Å². The summed E-state index contributed by atoms with van der Waals surface area (Å²) in [4.78, 5) is 11.7. The van der Waals surface area contributed by atoms with Crippen LogP contribution in [0.15, 0.2) is 18.2 Å². The highest BCUT2D eigenvalue weighted by molar-refractivity contribution is 5.96. The Balaban J connectivity index is 2.67. The Morgan fingerprint density at radius 3 is 2.87 bits per heavy atom. The van der Waals surface area contributed by atoms with Gasteiger partial charge in [-0.3, -0.25) is 4.79 Å². The fourth-order valence-corrected chi connectivity index (χ4v) is 1.34. The first-order chi connectivity index (χ1) is 7.15. The van der Waals surface area contributed by atoms with Crippen LogP contribution in [0.1, 0.15) is 35.2 Å². The van der Waals surface area contributed by atoms with E-state index < -0.39 is 0 Å². The maximum Gasteiger partial charge on any atom is 0.162 e. The Labute approximate surface area is 90.5 Å². The molecule has 1 aromatic rings. The molecule has 0 aliphatic heterocycles. The fraction of sp³-hybridized carbons (Fsp3) is 0.308. The third-order valence-electron chi connectivity index (χ3n) is 2.32. The molecule has 2 N–H and O–H groups in total. The first kappa shape index (κ1) is 11.3. The largest absolute Gasteiger partial charge is 0.399 e. The van der Waals surface area contributed by atoms with Gasteiger partial charge in [0, 0.05) is 24.1 Å². The van der Waals surface area contributed by atoms with E-state index in [4.69, 9.17) is 12.2 Å². The molecule has 0 unspecified atom stereocenters. The molecule has 0 heterocycles. The lowest BCUT2D eigenvalue weighted by Crippen LogP contribution is -2.00. The number of hydrogen-bond donors (Lipinski definition) is 1. The zero-order valence-electron chi connectivity index (χ0n) is 8.92. The number of nitrogens with two attached hydrogens (primary N) is 1. The maximum absolute atomic E-state index is 11.7. The summed E-state index contributed by atoms with van der Waals surface area (Å²) in [5, 5.41) is 0. The molecule has 2 heteroatoms. The van der Waals surface area contributed by atoms with Crippen molar-refractivity contribution in [1.29, 1.82) is 0 Å². The lowest BCUT2D eigenvalue weighted by molar-refractivity contribution is 0.0980. The molecule has 0 atom stereocenters. The third kappa shape index (κ3) is 3.14. The highest BCUT2D eigenvalue weighted by Crippen LogP contribution is 2.14. The van der Waals surface area contributed by atoms with Gasteiger partial charge in [-0.1, -0.05) is 0 Å². The average molecular weight is 201 g/mol. The highest BCUT2D eigenvalue weighted by atomic mass is 16.1. The van der Waals surface area contributed by atoms with E-state index in [0.29, 0.717) is 12.8 Å². The molecule has 0 aliphatic carbocycles. The summed E-state index contributed by atoms with van der Waals surface area (Å²) >= 11 is 0. The zero-order valence-corrected chi connectivity index (χ0v) is 8.92. The second-order valence-electron chi connectivity index (χ2n) is 3.55. The summed E-state index contributed by atoms with van der Waals surface area (Å²) in [7, 11) is 0. The summed E-state index contributed by atoms with van der Waals surface area (Å²) in [6.07, 6.45) is 7.03. The second kappa shape index (κ2) is 5.21. The second-order valence-corrected chi connectivity index (χ2v) is 3.55. The van der Waals surface area contributed by atoms with Crippen molar-refractivity contribution in [2.24, 2.45) is 0 Å². The summed E-state index contributed by atoms with van der Waals surface area (Å²) in [6.45, 7) is 1.90. The number of benzene rings is 1. The van der Waals surface area contributed by atoms with Crippen molar-refractivity contribution in [2.45, 2.75) is 26.2 Å². The van der Waals surface area contributed by atoms with Crippen LogP contribution >= 0.6 is 0 Å². The molecule has 78 valence electrons. The van der Waals surface area contributed by atoms with Crippen molar-refractivity contribution in [2.75, 3.05) is 5.73 Å². The monoisotopic (exact) mass is 201 g/mol. The van der Waals surface area contributed by atoms with Gasteiger partial charge in [-0.15, -0.1) is 12.3 Å². The molecule has 0 spiro atoms. The summed E-state index contributed by atoms with van der Waals surface area (Å²) in [5.74, 6) is 2.66. The number of carbonyl (C=O) groups is 1. The number of rotatable bonds is 4. The van der Waals surface area contributed by atoms with E-state index in [9.17, 15) is 4.79 Å². The molecule has 0 radical (unpaired) electrons. The molecule has 0 saturated heterocycles. The number of terminal acetylenes is 1. The van der Waals surface area contributed by atoms with Crippen LogP contribution in [-0.4, -0.2) is 5.78 Å². The number of carbonyl (C=O) groups excluding carboxylic acids is 1. The van der Waals surface area contributed by atoms with Gasteiger partial charge in [0.1, 0.15) is 0 Å². The van der Waals surface area contributed by atoms with Gasteiger partial charge >= 0.3 is 0 Å². The van der Waals surface area contributed by atoms with Crippen LogP contribution in [0.25, 0.3) is 0 Å². The van der Waals surface area contributed by atoms with Crippen molar-refractivity contribution in [3.63, 3.8) is 0 Å². The first-order valence-corrected chi connectivity index (χ1v) is 4.98. The molecule has 2 nitrogen and oxygen atoms in total. The molecule has 0 saturated carbocycles. The number of unbranched alkanes of at least 4 members (excludes halogenated alkanes) is 1. The van der Waals surface area contributed by atoms with Gasteiger partial charge in [-0.25, -0.2) is 0 Å². The lowest BCUT2D eigenvalue weighted by Gasteiger charge is -2.03. The molecule has 0 fully saturated rings. The molecule has 15 heavy (non-hydrogen) atoms. The number of anilines is 1. The number of hydrogen-bond acceptors (Lipinski definition) is 2. The van der Waals surface area contributed by atoms with Crippen LogP contribution in [0.3, 0.4) is 0 Å². The Morgan fingerprint density at radius 2 is 2.27 bits per heavy atom. The van der Waals surface area contributed by atoms with Gasteiger partial charge in [0.2, 0.25) is 0 Å². The van der Waals surface area contributed by atoms with Crippen molar-refractivity contribution < 1.29 is 4.79 Å². The minimum atomic E-state index is 0.133. The van der Waals surface area contributed by atoms with Crippen LogP contribution in [0.5, 0.6) is 0 Å². The van der Waals surface area contributed by atoms with Gasteiger partial charge in [0.25, 0.3) is 0 Å². The van der Waals surface area contributed by atoms with Gasteiger partial charge in [-0.2, -0.15) is 0 Å². The minimum Gasteiger partial charge on any atom is -0.399 e. The zero-order chi connectivity index (χ0) is 11.3. The van der Waals surface area contributed by atoms with Crippen LogP contribution < -0.4 is 5.73 Å². The Morgan fingerprint density at radius 1 is 1.53 bits per heavy atom. The molecular weight excluding hydrogens is 186 g/mol. The molecule has 0 aliphatic rings. The predicted molar refractivity (Wildman–Crippen MR) is 62.6 cm³/mol. The third-order valence-corrected chi connectivity index (χ3v) is 2.32. The van der Waals surface area contributed by atoms with E-state index in [0.717, 1.165) is 23.2 Å². The Kier molecular flexibility index (Phi) is 3.93. The summed E-state index contributed by atoms with van der Waals surface area (Å²) in [6, 6.07) is 5.36. The van der Waals surface area contributed by atoms with E-state index >= 15 is 0 Å². The van der Waals surface area contributed by atoms with Crippen molar-refractivity contribution in [1.82, 2.24) is 0 Å². The molecule has 0 amide bonds. The molecule has 1 aromatic carbocycles. The minimum absolute atomic E-state index is 0.133. The van der Waals surface area contributed by atoms with Gasteiger partial charge in [0.15, 0.2) is 5.78 Å². The number of Topliss-reactive ketones (excluding diaryl/α,β-unsaturated/α-hetero) is 1. The van der Waals surface area contributed by atoms with Crippen molar-refractivity contribution in [3.05, 3.63) is 29.3 Å². The van der Waals surface area contributed by atoms with Gasteiger partial charge < -0.3 is 5.73 Å². The number of aryl methyl sites for hydroxylation is 1. The highest BCUT2D eigenvalue weighted by Gasteiger charge is 2.06. The van der Waals surface area contributed by atoms with E-state index in [1.54, 1.807) is 12.1 Å². The van der Waals surface area contributed by atoms with Gasteiger partial charge in [0.05, 0.1) is 0 Å². The van der Waals surface area contributed by atoms with E-state index in [1.165, 1.54) is 0 Å². The van der Waals surface area contributed by atoms with Crippen LogP contribution in [0.2, 0.25) is 0 Å². The standard InChI is InChI=1S/C13H15NO/c1-3-4-5-6-13(15)11-7-8-12(14)10(2)9-11/h1,7-9H,4-6,14H2,2H3. The molecular formula is C13H15NO. The quantitative estimate of drug-likeness (QED) is 0.352.